The monoisotopic (exact) mass is 358 g/mol. The van der Waals surface area contributed by atoms with Crippen molar-refractivity contribution in [3.63, 3.8) is 0 Å². The molecule has 0 radical (unpaired) electrons. The third-order valence-corrected chi connectivity index (χ3v) is 4.99. The van der Waals surface area contributed by atoms with Crippen LogP contribution < -0.4 is 5.43 Å². The molecule has 2 heterocycles. The van der Waals surface area contributed by atoms with Gasteiger partial charge in [0.2, 0.25) is 0 Å². The molecule has 0 aliphatic heterocycles. The quantitative estimate of drug-likeness (QED) is 0.548. The fourth-order valence-electron chi connectivity index (χ4n) is 3.55. The van der Waals surface area contributed by atoms with Crippen molar-refractivity contribution in [3.05, 3.63) is 60.3 Å². The van der Waals surface area contributed by atoms with E-state index in [1.54, 1.807) is 12.3 Å². The summed E-state index contributed by atoms with van der Waals surface area (Å²) in [6.07, 6.45) is 9.71. The lowest BCUT2D eigenvalue weighted by Crippen LogP contribution is -2.20. The number of nitrogens with one attached hydrogen (secondary N) is 1. The molecule has 1 amide bonds. The molecule has 4 rings (SSSR count). The average Bonchev–Trinajstić information content (AvgIpc) is 2.74. The second kappa shape index (κ2) is 8.08. The maximum Gasteiger partial charge on any atom is 0.272 e. The summed E-state index contributed by atoms with van der Waals surface area (Å²) in [4.78, 5) is 21.8. The molecule has 3 aromatic rings. The molecule has 1 aromatic carbocycles. The minimum absolute atomic E-state index is 0.224. The van der Waals surface area contributed by atoms with Gasteiger partial charge in [0.1, 0.15) is 0 Å². The Balaban J connectivity index is 1.63. The SMILES string of the molecule is O=C(N/N=C\C1CCCCC1)c1cc(-c2ccccn2)nc2ccccc12. The van der Waals surface area contributed by atoms with E-state index in [4.69, 9.17) is 0 Å². The third-order valence-electron chi connectivity index (χ3n) is 4.99. The summed E-state index contributed by atoms with van der Waals surface area (Å²) in [6, 6.07) is 15.1. The number of pyridine rings is 2. The molecule has 1 N–H and O–H groups in total. The third kappa shape index (κ3) is 4.03. The van der Waals surface area contributed by atoms with Crippen LogP contribution in [0.1, 0.15) is 42.5 Å². The number of hydrogen-bond acceptors (Lipinski definition) is 4. The first-order valence-electron chi connectivity index (χ1n) is 9.46. The van der Waals surface area contributed by atoms with E-state index in [0.717, 1.165) is 29.4 Å². The fraction of sp³-hybridized carbons (Fsp3) is 0.273. The van der Waals surface area contributed by atoms with Gasteiger partial charge in [0.05, 0.1) is 22.5 Å². The Kier molecular flexibility index (Phi) is 5.19. The van der Waals surface area contributed by atoms with Crippen LogP contribution in [0, 0.1) is 5.92 Å². The van der Waals surface area contributed by atoms with Crippen molar-refractivity contribution in [1.29, 1.82) is 0 Å². The van der Waals surface area contributed by atoms with Gasteiger partial charge in [-0.2, -0.15) is 5.10 Å². The number of nitrogens with zero attached hydrogens (tertiary/aromatic N) is 3. The van der Waals surface area contributed by atoms with Gasteiger partial charge in [-0.15, -0.1) is 0 Å². The molecule has 1 aliphatic rings. The highest BCUT2D eigenvalue weighted by molar-refractivity contribution is 6.07. The summed E-state index contributed by atoms with van der Waals surface area (Å²) >= 11 is 0. The molecule has 0 saturated heterocycles. The van der Waals surface area contributed by atoms with Gasteiger partial charge in [0, 0.05) is 17.8 Å². The Morgan fingerprint density at radius 3 is 2.67 bits per heavy atom. The maximum absolute atomic E-state index is 12.8. The van der Waals surface area contributed by atoms with Crippen LogP contribution in [0.4, 0.5) is 0 Å². The second-order valence-electron chi connectivity index (χ2n) is 6.90. The first-order chi connectivity index (χ1) is 13.3. The first-order valence-corrected chi connectivity index (χ1v) is 9.46. The molecule has 1 aliphatic carbocycles. The molecule has 0 unspecified atom stereocenters. The number of hydrogen-bond donors (Lipinski definition) is 1. The number of amides is 1. The lowest BCUT2D eigenvalue weighted by Gasteiger charge is -2.16. The Bertz CT molecular complexity index is 962. The Labute approximate surface area is 158 Å². The summed E-state index contributed by atoms with van der Waals surface area (Å²) in [6.45, 7) is 0. The summed E-state index contributed by atoms with van der Waals surface area (Å²) in [5.74, 6) is 0.246. The number of carbonyl (C=O) groups excluding carboxylic acids is 1. The van der Waals surface area contributed by atoms with E-state index in [9.17, 15) is 4.79 Å². The highest BCUT2D eigenvalue weighted by Crippen LogP contribution is 2.24. The summed E-state index contributed by atoms with van der Waals surface area (Å²) in [5, 5.41) is 5.03. The molecule has 2 aromatic heterocycles. The highest BCUT2D eigenvalue weighted by atomic mass is 16.2. The zero-order valence-electron chi connectivity index (χ0n) is 15.1. The molecule has 0 spiro atoms. The van der Waals surface area contributed by atoms with Crippen molar-refractivity contribution in [1.82, 2.24) is 15.4 Å². The predicted octanol–water partition coefficient (Wildman–Crippen LogP) is 4.59. The van der Waals surface area contributed by atoms with Crippen molar-refractivity contribution in [3.8, 4) is 11.4 Å². The van der Waals surface area contributed by atoms with E-state index in [-0.39, 0.29) is 5.91 Å². The van der Waals surface area contributed by atoms with Gasteiger partial charge in [-0.1, -0.05) is 43.5 Å². The highest BCUT2D eigenvalue weighted by Gasteiger charge is 2.15. The van der Waals surface area contributed by atoms with Crippen LogP contribution in [-0.4, -0.2) is 22.1 Å². The first kappa shape index (κ1) is 17.3. The van der Waals surface area contributed by atoms with Crippen LogP contribution in [-0.2, 0) is 0 Å². The van der Waals surface area contributed by atoms with Gasteiger partial charge >= 0.3 is 0 Å². The topological polar surface area (TPSA) is 67.2 Å². The molecular formula is C22H22N4O. The predicted molar refractivity (Wildman–Crippen MR) is 108 cm³/mol. The average molecular weight is 358 g/mol. The van der Waals surface area contributed by atoms with E-state index in [0.29, 0.717) is 17.2 Å². The minimum atomic E-state index is -0.224. The minimum Gasteiger partial charge on any atom is -0.267 e. The number of para-hydroxylation sites is 1. The summed E-state index contributed by atoms with van der Waals surface area (Å²) in [7, 11) is 0. The largest absolute Gasteiger partial charge is 0.272 e. The van der Waals surface area contributed by atoms with Gasteiger partial charge < -0.3 is 0 Å². The Hall–Kier alpha value is -3.08. The molecule has 1 saturated carbocycles. The number of rotatable bonds is 4. The van der Waals surface area contributed by atoms with Crippen molar-refractivity contribution < 1.29 is 4.79 Å². The van der Waals surface area contributed by atoms with Crippen molar-refractivity contribution >= 4 is 23.0 Å². The van der Waals surface area contributed by atoms with E-state index in [1.165, 1.54) is 19.3 Å². The Morgan fingerprint density at radius 1 is 1.04 bits per heavy atom. The molecular weight excluding hydrogens is 336 g/mol. The lowest BCUT2D eigenvalue weighted by molar-refractivity contribution is 0.0956. The van der Waals surface area contributed by atoms with Crippen LogP contribution in [0.15, 0.2) is 59.8 Å². The lowest BCUT2D eigenvalue weighted by atomic mass is 9.90. The number of benzene rings is 1. The van der Waals surface area contributed by atoms with Crippen molar-refractivity contribution in [2.24, 2.45) is 11.0 Å². The number of hydrazone groups is 1. The van der Waals surface area contributed by atoms with Crippen LogP contribution >= 0.6 is 0 Å². The van der Waals surface area contributed by atoms with Gasteiger partial charge in [0.15, 0.2) is 0 Å². The molecule has 5 nitrogen and oxygen atoms in total. The normalized spacial score (nSPS) is 15.3. The molecule has 27 heavy (non-hydrogen) atoms. The van der Waals surface area contributed by atoms with Crippen molar-refractivity contribution in [2.45, 2.75) is 32.1 Å². The van der Waals surface area contributed by atoms with E-state index in [2.05, 4.69) is 20.5 Å². The van der Waals surface area contributed by atoms with Crippen molar-refractivity contribution in [2.75, 3.05) is 0 Å². The standard InChI is InChI=1S/C22H22N4O/c27-22(26-24-15-16-8-2-1-3-9-16)18-14-21(20-12-6-7-13-23-20)25-19-11-5-4-10-17(18)19/h4-7,10-16H,1-3,8-9H2,(H,26,27)/b24-15-. The molecule has 0 bridgehead atoms. The van der Waals surface area contributed by atoms with Crippen LogP contribution in [0.3, 0.4) is 0 Å². The van der Waals surface area contributed by atoms with Crippen LogP contribution in [0.5, 0.6) is 0 Å². The van der Waals surface area contributed by atoms with Gasteiger partial charge in [0.25, 0.3) is 5.91 Å². The number of aromatic nitrogens is 2. The number of carbonyl (C=O) groups is 1. The Morgan fingerprint density at radius 2 is 1.85 bits per heavy atom. The van der Waals surface area contributed by atoms with Gasteiger partial charge in [-0.05, 0) is 43.0 Å². The summed E-state index contributed by atoms with van der Waals surface area (Å²) in [5.41, 5.74) is 5.44. The molecule has 0 atom stereocenters. The number of fused-ring (bicyclic) bond motifs is 1. The maximum atomic E-state index is 12.8. The second-order valence-corrected chi connectivity index (χ2v) is 6.90. The molecule has 5 heteroatoms. The van der Waals surface area contributed by atoms with E-state index in [1.807, 2.05) is 48.7 Å². The van der Waals surface area contributed by atoms with Gasteiger partial charge in [-0.3, -0.25) is 9.78 Å². The van der Waals surface area contributed by atoms with Crippen LogP contribution in [0.2, 0.25) is 0 Å². The van der Waals surface area contributed by atoms with E-state index < -0.39 is 0 Å². The molecule has 1 fully saturated rings. The zero-order chi connectivity index (χ0) is 18.5. The molecule has 136 valence electrons. The smallest absolute Gasteiger partial charge is 0.267 e. The van der Waals surface area contributed by atoms with E-state index >= 15 is 0 Å². The van der Waals surface area contributed by atoms with Gasteiger partial charge in [-0.25, -0.2) is 10.4 Å². The summed E-state index contributed by atoms with van der Waals surface area (Å²) < 4.78 is 0. The zero-order valence-corrected chi connectivity index (χ0v) is 15.1. The van der Waals surface area contributed by atoms with Crippen LogP contribution in [0.25, 0.3) is 22.3 Å². The fourth-order valence-corrected chi connectivity index (χ4v) is 3.55.